The van der Waals surface area contributed by atoms with E-state index in [1.807, 2.05) is 0 Å². The first kappa shape index (κ1) is 12.5. The normalized spacial score (nSPS) is 32.6. The topological polar surface area (TPSA) is 55.0 Å². The van der Waals surface area contributed by atoms with E-state index in [1.165, 1.54) is 12.8 Å². The van der Waals surface area contributed by atoms with Crippen LogP contribution in [0.3, 0.4) is 0 Å². The molecule has 2 fully saturated rings. The highest BCUT2D eigenvalue weighted by molar-refractivity contribution is 9.11. The van der Waals surface area contributed by atoms with E-state index in [1.54, 1.807) is 11.3 Å². The van der Waals surface area contributed by atoms with Gasteiger partial charge in [0.1, 0.15) is 0 Å². The maximum atomic E-state index is 6.16. The summed E-state index contributed by atoms with van der Waals surface area (Å²) in [6, 6.07) is 0.414. The van der Waals surface area contributed by atoms with Gasteiger partial charge in [0.2, 0.25) is 5.13 Å². The second-order valence-electron chi connectivity index (χ2n) is 4.42. The van der Waals surface area contributed by atoms with E-state index in [4.69, 9.17) is 5.73 Å². The average molecular weight is 326 g/mol. The molecule has 1 unspecified atom stereocenters. The van der Waals surface area contributed by atoms with Gasteiger partial charge in [0.25, 0.3) is 0 Å². The molecule has 0 radical (unpaired) electrons. The molecule has 90 valence electrons. The Morgan fingerprint density at radius 2 is 1.88 bits per heavy atom. The minimum Gasteiger partial charge on any atom is -0.346 e. The fourth-order valence-electron chi connectivity index (χ4n) is 2.75. The number of anilines is 1. The van der Waals surface area contributed by atoms with E-state index in [0.717, 1.165) is 22.1 Å². The number of hydrogen-bond acceptors (Lipinski definition) is 5. The zero-order valence-electron chi connectivity index (χ0n) is 8.67. The summed E-state index contributed by atoms with van der Waals surface area (Å²) >= 11 is 4.96. The van der Waals surface area contributed by atoms with Gasteiger partial charge in [-0.2, -0.15) is 0 Å². The zero-order chi connectivity index (χ0) is 10.4. The van der Waals surface area contributed by atoms with Gasteiger partial charge in [-0.15, -0.1) is 22.6 Å². The van der Waals surface area contributed by atoms with Gasteiger partial charge in [0, 0.05) is 19.1 Å². The third-order valence-corrected chi connectivity index (χ3v) is 4.98. The van der Waals surface area contributed by atoms with Crippen molar-refractivity contribution in [2.45, 2.75) is 18.9 Å². The molecule has 2 heterocycles. The summed E-state index contributed by atoms with van der Waals surface area (Å²) in [6.45, 7) is 2.11. The number of piperidine rings is 1. The Kier molecular flexibility index (Phi) is 3.73. The molecule has 16 heavy (non-hydrogen) atoms. The monoisotopic (exact) mass is 324 g/mol. The lowest BCUT2D eigenvalue weighted by molar-refractivity contribution is 0.356. The first-order chi connectivity index (χ1) is 7.24. The van der Waals surface area contributed by atoms with E-state index in [2.05, 4.69) is 31.0 Å². The van der Waals surface area contributed by atoms with Gasteiger partial charge in [-0.25, -0.2) is 0 Å². The molecule has 1 aliphatic heterocycles. The molecule has 1 aliphatic carbocycles. The fraction of sp³-hybridized carbons (Fsp3) is 0.778. The lowest BCUT2D eigenvalue weighted by Gasteiger charge is -2.35. The number of nitrogens with two attached hydrogens (primary N) is 1. The third kappa shape index (κ3) is 2.08. The molecular formula is C9H14BrClN4S. The predicted octanol–water partition coefficient (Wildman–Crippen LogP) is 1.90. The van der Waals surface area contributed by atoms with Crippen LogP contribution < -0.4 is 10.6 Å². The average Bonchev–Trinajstić information content (AvgIpc) is 2.70. The molecule has 2 bridgehead atoms. The molecule has 2 aliphatic rings. The van der Waals surface area contributed by atoms with Crippen LogP contribution in [-0.4, -0.2) is 29.3 Å². The van der Waals surface area contributed by atoms with Crippen molar-refractivity contribution >= 4 is 44.8 Å². The van der Waals surface area contributed by atoms with Crippen molar-refractivity contribution in [2.75, 3.05) is 18.0 Å². The number of rotatable bonds is 1. The van der Waals surface area contributed by atoms with Gasteiger partial charge in [0.15, 0.2) is 3.92 Å². The largest absolute Gasteiger partial charge is 0.346 e. The van der Waals surface area contributed by atoms with Crippen LogP contribution in [0.1, 0.15) is 12.8 Å². The van der Waals surface area contributed by atoms with Gasteiger partial charge < -0.3 is 10.6 Å². The van der Waals surface area contributed by atoms with E-state index in [0.29, 0.717) is 17.9 Å². The number of nitrogens with zero attached hydrogens (tertiary/aromatic N) is 3. The van der Waals surface area contributed by atoms with Crippen LogP contribution >= 0.6 is 39.7 Å². The summed E-state index contributed by atoms with van der Waals surface area (Å²) in [5.41, 5.74) is 6.16. The molecule has 3 atom stereocenters. The Labute approximate surface area is 113 Å². The van der Waals surface area contributed by atoms with Crippen molar-refractivity contribution in [1.82, 2.24) is 10.2 Å². The third-order valence-electron chi connectivity index (χ3n) is 3.57. The zero-order valence-corrected chi connectivity index (χ0v) is 11.9. The Bertz CT molecular complexity index is 360. The smallest absolute Gasteiger partial charge is 0.209 e. The number of hydrogen-bond donors (Lipinski definition) is 1. The SMILES string of the molecule is Cl.NC1[C@@H]2CC[C@H]1CN(c1nnc(Br)s1)C2. The van der Waals surface area contributed by atoms with Crippen molar-refractivity contribution in [3.63, 3.8) is 0 Å². The highest BCUT2D eigenvalue weighted by Gasteiger charge is 2.40. The molecule has 0 spiro atoms. The van der Waals surface area contributed by atoms with Crippen molar-refractivity contribution < 1.29 is 0 Å². The summed E-state index contributed by atoms with van der Waals surface area (Å²) in [4.78, 5) is 2.34. The minimum atomic E-state index is 0. The van der Waals surface area contributed by atoms with Crippen LogP contribution in [0.4, 0.5) is 5.13 Å². The fourth-order valence-corrected chi connectivity index (χ4v) is 3.85. The van der Waals surface area contributed by atoms with Gasteiger partial charge in [-0.1, -0.05) is 11.3 Å². The van der Waals surface area contributed by atoms with Gasteiger partial charge >= 0.3 is 0 Å². The molecule has 7 heteroatoms. The molecule has 4 nitrogen and oxygen atoms in total. The Morgan fingerprint density at radius 1 is 1.25 bits per heavy atom. The summed E-state index contributed by atoms with van der Waals surface area (Å²) < 4.78 is 0.861. The van der Waals surface area contributed by atoms with E-state index < -0.39 is 0 Å². The summed E-state index contributed by atoms with van der Waals surface area (Å²) in [7, 11) is 0. The molecule has 1 aromatic heterocycles. The lowest BCUT2D eigenvalue weighted by Crippen LogP contribution is -2.48. The Morgan fingerprint density at radius 3 is 2.38 bits per heavy atom. The maximum Gasteiger partial charge on any atom is 0.209 e. The quantitative estimate of drug-likeness (QED) is 0.857. The molecule has 1 aromatic rings. The maximum absolute atomic E-state index is 6.16. The Hall–Kier alpha value is 0.0900. The lowest BCUT2D eigenvalue weighted by atomic mass is 9.93. The van der Waals surface area contributed by atoms with Crippen LogP contribution in [-0.2, 0) is 0 Å². The summed E-state index contributed by atoms with van der Waals surface area (Å²) in [5.74, 6) is 1.32. The first-order valence-electron chi connectivity index (χ1n) is 5.23. The van der Waals surface area contributed by atoms with Gasteiger partial charge in [-0.05, 0) is 40.6 Å². The van der Waals surface area contributed by atoms with Crippen molar-refractivity contribution in [3.05, 3.63) is 3.92 Å². The molecule has 1 saturated heterocycles. The molecule has 1 saturated carbocycles. The van der Waals surface area contributed by atoms with Crippen molar-refractivity contribution in [1.29, 1.82) is 0 Å². The molecular weight excluding hydrogens is 312 g/mol. The summed E-state index contributed by atoms with van der Waals surface area (Å²) in [5, 5.41) is 9.19. The van der Waals surface area contributed by atoms with E-state index >= 15 is 0 Å². The van der Waals surface area contributed by atoms with Crippen LogP contribution in [0.5, 0.6) is 0 Å². The molecule has 0 aromatic carbocycles. The van der Waals surface area contributed by atoms with Crippen LogP contribution in [0.2, 0.25) is 0 Å². The number of fused-ring (bicyclic) bond motifs is 2. The van der Waals surface area contributed by atoms with Crippen LogP contribution in [0.25, 0.3) is 0 Å². The molecule has 0 amide bonds. The van der Waals surface area contributed by atoms with Crippen molar-refractivity contribution in [2.24, 2.45) is 17.6 Å². The molecule has 3 rings (SSSR count). The second-order valence-corrected chi connectivity index (χ2v) is 6.65. The molecule has 2 N–H and O–H groups in total. The summed E-state index contributed by atoms with van der Waals surface area (Å²) in [6.07, 6.45) is 2.56. The standard InChI is InChI=1S/C9H13BrN4S.ClH/c10-8-12-13-9(15-8)14-3-5-1-2-6(4-14)7(5)11;/h5-7H,1-4,11H2;1H/t5-,6+,7?;. The van der Waals surface area contributed by atoms with Crippen molar-refractivity contribution in [3.8, 4) is 0 Å². The van der Waals surface area contributed by atoms with Gasteiger partial charge in [0.05, 0.1) is 0 Å². The van der Waals surface area contributed by atoms with E-state index in [9.17, 15) is 0 Å². The van der Waals surface area contributed by atoms with Crippen LogP contribution in [0.15, 0.2) is 3.92 Å². The number of halogens is 2. The minimum absolute atomic E-state index is 0. The Balaban J connectivity index is 0.000000963. The second kappa shape index (κ2) is 4.76. The first-order valence-corrected chi connectivity index (χ1v) is 6.84. The van der Waals surface area contributed by atoms with Gasteiger partial charge in [-0.3, -0.25) is 0 Å². The number of aromatic nitrogens is 2. The van der Waals surface area contributed by atoms with E-state index in [-0.39, 0.29) is 12.4 Å². The predicted molar refractivity (Wildman–Crippen MR) is 71.3 cm³/mol. The van der Waals surface area contributed by atoms with Crippen LogP contribution in [0, 0.1) is 11.8 Å². The highest BCUT2D eigenvalue weighted by atomic mass is 79.9. The highest BCUT2D eigenvalue weighted by Crippen LogP contribution is 2.38.